The highest BCUT2D eigenvalue weighted by Gasteiger charge is 2.16. The van der Waals surface area contributed by atoms with Crippen LogP contribution in [0.25, 0.3) is 0 Å². The van der Waals surface area contributed by atoms with E-state index >= 15 is 0 Å². The zero-order valence-electron chi connectivity index (χ0n) is 48.7. The van der Waals surface area contributed by atoms with Gasteiger partial charge in [-0.3, -0.25) is 9.59 Å². The summed E-state index contributed by atoms with van der Waals surface area (Å²) in [5, 5.41) is 9.67. The van der Waals surface area contributed by atoms with E-state index in [1.165, 1.54) is 83.5 Å². The van der Waals surface area contributed by atoms with Crippen molar-refractivity contribution in [3.63, 3.8) is 0 Å². The Bertz CT molecular complexity index is 1700. The zero-order chi connectivity index (χ0) is 54.8. The van der Waals surface area contributed by atoms with Gasteiger partial charge in [0.15, 0.2) is 6.10 Å². The Balaban J connectivity index is 3.60. The number of allylic oxidation sites excluding steroid dienone is 28. The highest BCUT2D eigenvalue weighted by Crippen LogP contribution is 2.14. The lowest BCUT2D eigenvalue weighted by atomic mass is 10.0. The second-order valence-electron chi connectivity index (χ2n) is 19.7. The largest absolute Gasteiger partial charge is 0.462 e. The first-order chi connectivity index (χ1) is 37.6. The average molecular weight is 1050 g/mol. The van der Waals surface area contributed by atoms with E-state index < -0.39 is 6.10 Å². The summed E-state index contributed by atoms with van der Waals surface area (Å²) in [4.78, 5) is 24.6. The SMILES string of the molecule is CC/C=C\C/C=C\C/C=C\C/C=C\C/C=C\C/C=C\C/C=C\C/C=C\C/C=C\C/C=C\CCCCCCCCCCCCC(=O)OC(CO)COC(=O)CCCCCCCCCC/C=C\C/C=C\C/C=C\C/C=C\CC. The fourth-order valence-corrected chi connectivity index (χ4v) is 7.99. The summed E-state index contributed by atoms with van der Waals surface area (Å²) in [7, 11) is 0. The van der Waals surface area contributed by atoms with E-state index in [0.29, 0.717) is 12.8 Å². The Kier molecular flexibility index (Phi) is 60.5. The number of hydrogen-bond donors (Lipinski definition) is 1. The summed E-state index contributed by atoms with van der Waals surface area (Å²) in [5.41, 5.74) is 0. The quantitative estimate of drug-likeness (QED) is 0.0373. The van der Waals surface area contributed by atoms with Crippen LogP contribution >= 0.6 is 0 Å². The summed E-state index contributed by atoms with van der Waals surface area (Å²) < 4.78 is 10.7. The Hall–Kier alpha value is -4.74. The van der Waals surface area contributed by atoms with Crippen molar-refractivity contribution < 1.29 is 24.2 Å². The van der Waals surface area contributed by atoms with Crippen LogP contribution in [0.1, 0.15) is 245 Å². The van der Waals surface area contributed by atoms with E-state index in [2.05, 4.69) is 184 Å². The van der Waals surface area contributed by atoms with Crippen LogP contribution in [0.5, 0.6) is 0 Å². The highest BCUT2D eigenvalue weighted by atomic mass is 16.6. The molecule has 0 aromatic rings. The molecule has 0 aromatic heterocycles. The van der Waals surface area contributed by atoms with Crippen LogP contribution in [0.15, 0.2) is 170 Å². The molecule has 5 nitrogen and oxygen atoms in total. The van der Waals surface area contributed by atoms with E-state index in [1.807, 2.05) is 0 Å². The molecule has 0 aromatic carbocycles. The Labute approximate surface area is 468 Å². The molecule has 0 radical (unpaired) electrons. The second kappa shape index (κ2) is 64.5. The first kappa shape index (κ1) is 71.3. The predicted molar refractivity (Wildman–Crippen MR) is 333 cm³/mol. The monoisotopic (exact) mass is 1040 g/mol. The van der Waals surface area contributed by atoms with Crippen LogP contribution in [0.4, 0.5) is 0 Å². The van der Waals surface area contributed by atoms with Gasteiger partial charge in [-0.2, -0.15) is 0 Å². The predicted octanol–water partition coefficient (Wildman–Crippen LogP) is 21.3. The number of aliphatic hydroxyl groups excluding tert-OH is 1. The number of esters is 2. The Morgan fingerprint density at radius 1 is 0.303 bits per heavy atom. The third-order valence-electron chi connectivity index (χ3n) is 12.5. The molecule has 76 heavy (non-hydrogen) atoms. The average Bonchev–Trinajstić information content (AvgIpc) is 3.42. The fraction of sp³-hybridized carbons (Fsp3) is 0.577. The summed E-state index contributed by atoms with van der Waals surface area (Å²) in [5.74, 6) is -0.613. The van der Waals surface area contributed by atoms with E-state index in [4.69, 9.17) is 9.47 Å². The molecule has 0 aliphatic rings. The number of carbonyl (C=O) groups excluding carboxylic acids is 2. The summed E-state index contributed by atoms with van der Waals surface area (Å²) in [6, 6.07) is 0. The maximum absolute atomic E-state index is 12.3. The lowest BCUT2D eigenvalue weighted by molar-refractivity contribution is -0.161. The van der Waals surface area contributed by atoms with Gasteiger partial charge in [0.2, 0.25) is 0 Å². The van der Waals surface area contributed by atoms with Crippen molar-refractivity contribution in [1.29, 1.82) is 0 Å². The third kappa shape index (κ3) is 61.8. The van der Waals surface area contributed by atoms with Crippen molar-refractivity contribution >= 4 is 11.9 Å². The minimum Gasteiger partial charge on any atom is -0.462 e. The van der Waals surface area contributed by atoms with Gasteiger partial charge in [0.1, 0.15) is 6.61 Å². The molecule has 0 amide bonds. The normalized spacial score (nSPS) is 13.5. The van der Waals surface area contributed by atoms with Crippen LogP contribution in [0, 0.1) is 0 Å². The van der Waals surface area contributed by atoms with Crippen molar-refractivity contribution in [1.82, 2.24) is 0 Å². The molecule has 0 bridgehead atoms. The Morgan fingerprint density at radius 3 is 0.789 bits per heavy atom. The summed E-state index contributed by atoms with van der Waals surface area (Å²) >= 11 is 0. The second-order valence-corrected chi connectivity index (χ2v) is 19.7. The van der Waals surface area contributed by atoms with Gasteiger partial charge >= 0.3 is 11.9 Å². The van der Waals surface area contributed by atoms with Gasteiger partial charge in [-0.05, 0) is 128 Å². The standard InChI is InChI=1S/C71H112O5/c1-3-5-7-9-11-13-15-17-19-21-23-25-26-27-28-29-30-31-32-33-34-35-36-37-38-39-40-41-42-43-44-46-48-50-52-54-56-58-60-62-64-66-71(74)76-69(67-72)68-75-70(73)65-63-61-59-57-55-53-51-49-47-45-24-22-20-18-16-14-12-10-8-6-4-2/h5-8,11-14,17-20,23-25,27-28,30-31,33-34,36-37,39-40,42-43,45,69,72H,3-4,9-10,15-16,21-22,26,29,32,35,38,41,44,46-68H2,1-2H3/b7-5-,8-6-,13-11-,14-12-,19-17-,20-18-,25-23-,28-27-,31-30-,34-33-,37-36-,40-39-,43-42-,45-24-. The molecule has 0 saturated heterocycles. The lowest BCUT2D eigenvalue weighted by Crippen LogP contribution is -2.28. The van der Waals surface area contributed by atoms with Gasteiger partial charge in [-0.1, -0.05) is 274 Å². The molecule has 5 heteroatoms. The van der Waals surface area contributed by atoms with Crippen LogP contribution < -0.4 is 0 Å². The molecule has 426 valence electrons. The molecule has 0 saturated carbocycles. The van der Waals surface area contributed by atoms with Crippen molar-refractivity contribution in [2.24, 2.45) is 0 Å². The zero-order valence-corrected chi connectivity index (χ0v) is 48.7. The molecule has 0 heterocycles. The number of hydrogen-bond acceptors (Lipinski definition) is 5. The van der Waals surface area contributed by atoms with Gasteiger partial charge < -0.3 is 14.6 Å². The topological polar surface area (TPSA) is 72.8 Å². The Morgan fingerprint density at radius 2 is 0.526 bits per heavy atom. The number of aliphatic hydroxyl groups is 1. The van der Waals surface area contributed by atoms with E-state index in [0.717, 1.165) is 135 Å². The van der Waals surface area contributed by atoms with Crippen LogP contribution in [0.3, 0.4) is 0 Å². The number of rotatable bonds is 54. The first-order valence-electron chi connectivity index (χ1n) is 30.7. The van der Waals surface area contributed by atoms with E-state index in [-0.39, 0.29) is 25.2 Å². The van der Waals surface area contributed by atoms with Crippen LogP contribution in [-0.4, -0.2) is 36.4 Å². The van der Waals surface area contributed by atoms with Gasteiger partial charge in [-0.15, -0.1) is 0 Å². The highest BCUT2D eigenvalue weighted by molar-refractivity contribution is 5.70. The number of unbranched alkanes of at least 4 members (excludes halogenated alkanes) is 18. The molecule has 0 aliphatic carbocycles. The summed E-state index contributed by atoms with van der Waals surface area (Å²) in [6.07, 6.45) is 100. The first-order valence-corrected chi connectivity index (χ1v) is 30.7. The maximum atomic E-state index is 12.3. The van der Waals surface area contributed by atoms with Gasteiger partial charge in [0.25, 0.3) is 0 Å². The molecule has 1 atom stereocenters. The maximum Gasteiger partial charge on any atom is 0.306 e. The molecule has 0 fully saturated rings. The van der Waals surface area contributed by atoms with Crippen molar-refractivity contribution in [2.45, 2.75) is 251 Å². The molecule has 0 spiro atoms. The molecular formula is C71H112O5. The fourth-order valence-electron chi connectivity index (χ4n) is 7.99. The minimum absolute atomic E-state index is 0.0812. The molecule has 1 unspecified atom stereocenters. The minimum atomic E-state index is -0.791. The van der Waals surface area contributed by atoms with Gasteiger partial charge in [-0.25, -0.2) is 0 Å². The van der Waals surface area contributed by atoms with Crippen molar-refractivity contribution in [3.8, 4) is 0 Å². The van der Waals surface area contributed by atoms with Crippen molar-refractivity contribution in [2.75, 3.05) is 13.2 Å². The van der Waals surface area contributed by atoms with Crippen LogP contribution in [0.2, 0.25) is 0 Å². The molecule has 0 rings (SSSR count). The van der Waals surface area contributed by atoms with E-state index in [1.54, 1.807) is 0 Å². The number of carbonyl (C=O) groups is 2. The van der Waals surface area contributed by atoms with E-state index in [9.17, 15) is 14.7 Å². The summed E-state index contributed by atoms with van der Waals surface area (Å²) in [6.45, 7) is 3.90. The number of ether oxygens (including phenoxy) is 2. The van der Waals surface area contributed by atoms with Crippen molar-refractivity contribution in [3.05, 3.63) is 170 Å². The smallest absolute Gasteiger partial charge is 0.306 e. The van der Waals surface area contributed by atoms with Gasteiger partial charge in [0, 0.05) is 12.8 Å². The lowest BCUT2D eigenvalue weighted by Gasteiger charge is -2.15. The van der Waals surface area contributed by atoms with Gasteiger partial charge in [0.05, 0.1) is 6.61 Å². The molecule has 0 aliphatic heterocycles. The third-order valence-corrected chi connectivity index (χ3v) is 12.5. The molecule has 1 N–H and O–H groups in total. The van der Waals surface area contributed by atoms with Crippen LogP contribution in [-0.2, 0) is 19.1 Å². The molecular weight excluding hydrogens is 933 g/mol.